The van der Waals surface area contributed by atoms with Crippen molar-refractivity contribution in [1.29, 1.82) is 0 Å². The van der Waals surface area contributed by atoms with Gasteiger partial charge in [0.15, 0.2) is 0 Å². The van der Waals surface area contributed by atoms with E-state index in [-0.39, 0.29) is 5.82 Å². The Hall–Kier alpha value is -2.15. The molecule has 0 aliphatic carbocycles. The maximum atomic E-state index is 13.0. The number of halogens is 1. The van der Waals surface area contributed by atoms with E-state index in [9.17, 15) is 14.0 Å². The van der Waals surface area contributed by atoms with Crippen LogP contribution in [0.4, 0.5) is 10.1 Å². The van der Waals surface area contributed by atoms with Gasteiger partial charge >= 0.3 is 11.8 Å². The summed E-state index contributed by atoms with van der Waals surface area (Å²) in [5.74, 6) is -1.05. The van der Waals surface area contributed by atoms with E-state index in [0.29, 0.717) is 39.3 Å². The van der Waals surface area contributed by atoms with Gasteiger partial charge in [0.2, 0.25) is 0 Å². The first-order valence-corrected chi connectivity index (χ1v) is 8.32. The van der Waals surface area contributed by atoms with Crippen LogP contribution in [-0.2, 0) is 9.59 Å². The van der Waals surface area contributed by atoms with Crippen molar-refractivity contribution in [1.82, 2.24) is 14.7 Å². The Labute approximate surface area is 141 Å². The van der Waals surface area contributed by atoms with Crippen molar-refractivity contribution < 1.29 is 14.0 Å². The van der Waals surface area contributed by atoms with E-state index in [2.05, 4.69) is 9.80 Å². The van der Waals surface area contributed by atoms with Gasteiger partial charge in [-0.1, -0.05) is 0 Å². The number of rotatable bonds is 1. The Morgan fingerprint density at radius 2 is 1.25 bits per heavy atom. The van der Waals surface area contributed by atoms with Crippen molar-refractivity contribution in [3.8, 4) is 0 Å². The second-order valence-corrected chi connectivity index (χ2v) is 6.35. The minimum absolute atomic E-state index is 0.259. The second-order valence-electron chi connectivity index (χ2n) is 6.35. The van der Waals surface area contributed by atoms with Crippen molar-refractivity contribution >= 4 is 17.5 Å². The molecule has 6 nitrogen and oxygen atoms in total. The van der Waals surface area contributed by atoms with Gasteiger partial charge in [-0.2, -0.15) is 0 Å². The highest BCUT2D eigenvalue weighted by Crippen LogP contribution is 2.17. The first kappa shape index (κ1) is 16.7. The van der Waals surface area contributed by atoms with Crippen molar-refractivity contribution in [2.75, 3.05) is 64.3 Å². The van der Waals surface area contributed by atoms with Gasteiger partial charge in [-0.05, 0) is 31.3 Å². The van der Waals surface area contributed by atoms with E-state index in [4.69, 9.17) is 0 Å². The molecule has 1 aromatic rings. The number of benzene rings is 1. The topological polar surface area (TPSA) is 47.1 Å². The lowest BCUT2D eigenvalue weighted by Gasteiger charge is -2.37. The van der Waals surface area contributed by atoms with Crippen LogP contribution < -0.4 is 4.90 Å². The Morgan fingerprint density at radius 1 is 0.792 bits per heavy atom. The van der Waals surface area contributed by atoms with Crippen molar-refractivity contribution in [2.45, 2.75) is 0 Å². The molecule has 0 aromatic heterocycles. The molecule has 24 heavy (non-hydrogen) atoms. The van der Waals surface area contributed by atoms with Gasteiger partial charge in [-0.3, -0.25) is 9.59 Å². The van der Waals surface area contributed by atoms with E-state index in [1.54, 1.807) is 21.9 Å². The highest BCUT2D eigenvalue weighted by molar-refractivity contribution is 6.35. The van der Waals surface area contributed by atoms with E-state index < -0.39 is 11.8 Å². The summed E-state index contributed by atoms with van der Waals surface area (Å²) in [5, 5.41) is 0. The lowest BCUT2D eigenvalue weighted by atomic mass is 10.2. The number of hydrogen-bond donors (Lipinski definition) is 0. The third-order valence-electron chi connectivity index (χ3n) is 4.73. The predicted octanol–water partition coefficient (Wildman–Crippen LogP) is 0.248. The summed E-state index contributed by atoms with van der Waals surface area (Å²) in [5.41, 5.74) is 0.939. The van der Waals surface area contributed by atoms with Gasteiger partial charge in [-0.25, -0.2) is 4.39 Å². The zero-order chi connectivity index (χ0) is 17.1. The van der Waals surface area contributed by atoms with Crippen LogP contribution in [0.3, 0.4) is 0 Å². The molecule has 2 saturated heterocycles. The van der Waals surface area contributed by atoms with Crippen LogP contribution in [0, 0.1) is 5.82 Å². The molecule has 0 spiro atoms. The fourth-order valence-corrected chi connectivity index (χ4v) is 3.10. The Balaban J connectivity index is 1.53. The molecule has 0 N–H and O–H groups in total. The quantitative estimate of drug-likeness (QED) is 0.691. The highest BCUT2D eigenvalue weighted by Gasteiger charge is 2.30. The first-order valence-electron chi connectivity index (χ1n) is 8.32. The SMILES string of the molecule is CN1CCN(C(=O)C(=O)N2CCN(c3ccc(F)cc3)CC2)CC1. The largest absolute Gasteiger partial charge is 0.368 e. The summed E-state index contributed by atoms with van der Waals surface area (Å²) in [6, 6.07) is 6.35. The minimum Gasteiger partial charge on any atom is -0.368 e. The Kier molecular flexibility index (Phi) is 4.99. The van der Waals surface area contributed by atoms with Crippen molar-refractivity contribution in [3.63, 3.8) is 0 Å². The molecular weight excluding hydrogens is 311 g/mol. The third kappa shape index (κ3) is 3.67. The maximum absolute atomic E-state index is 13.0. The number of carbonyl (C=O) groups is 2. The number of anilines is 1. The molecule has 2 amide bonds. The fraction of sp³-hybridized carbons (Fsp3) is 0.529. The summed E-state index contributed by atoms with van der Waals surface area (Å²) in [6.45, 7) is 5.13. The first-order chi connectivity index (χ1) is 11.5. The zero-order valence-corrected chi connectivity index (χ0v) is 13.9. The molecule has 0 radical (unpaired) electrons. The summed E-state index contributed by atoms with van der Waals surface area (Å²) in [4.78, 5) is 32.3. The van der Waals surface area contributed by atoms with Crippen LogP contribution in [0.5, 0.6) is 0 Å². The molecule has 2 aliphatic heterocycles. The molecule has 2 heterocycles. The van der Waals surface area contributed by atoms with Gasteiger partial charge < -0.3 is 19.6 Å². The average Bonchev–Trinajstić information content (AvgIpc) is 2.62. The summed E-state index contributed by atoms with van der Waals surface area (Å²) < 4.78 is 13.0. The second kappa shape index (κ2) is 7.17. The van der Waals surface area contributed by atoms with Crippen molar-refractivity contribution in [2.24, 2.45) is 0 Å². The van der Waals surface area contributed by atoms with Gasteiger partial charge in [0.1, 0.15) is 5.82 Å². The average molecular weight is 334 g/mol. The molecular formula is C17H23FN4O2. The Morgan fingerprint density at radius 3 is 1.75 bits per heavy atom. The van der Waals surface area contributed by atoms with Crippen LogP contribution in [0.25, 0.3) is 0 Å². The van der Waals surface area contributed by atoms with E-state index in [1.807, 2.05) is 7.05 Å². The molecule has 0 unspecified atom stereocenters. The summed E-state index contributed by atoms with van der Waals surface area (Å²) >= 11 is 0. The Bertz CT molecular complexity index is 591. The molecule has 3 rings (SSSR count). The molecule has 0 saturated carbocycles. The fourth-order valence-electron chi connectivity index (χ4n) is 3.10. The van der Waals surface area contributed by atoms with Crippen LogP contribution in [0.1, 0.15) is 0 Å². The molecule has 130 valence electrons. The number of piperazine rings is 2. The monoisotopic (exact) mass is 334 g/mol. The molecule has 2 aliphatic rings. The van der Waals surface area contributed by atoms with Crippen LogP contribution in [0.15, 0.2) is 24.3 Å². The van der Waals surface area contributed by atoms with Gasteiger partial charge in [0.25, 0.3) is 0 Å². The van der Waals surface area contributed by atoms with Gasteiger partial charge in [0.05, 0.1) is 0 Å². The zero-order valence-electron chi connectivity index (χ0n) is 13.9. The number of amides is 2. The maximum Gasteiger partial charge on any atom is 0.312 e. The standard InChI is InChI=1S/C17H23FN4O2/c1-19-6-8-21(9-7-19)16(23)17(24)22-12-10-20(11-13-22)15-4-2-14(18)3-5-15/h2-5H,6-13H2,1H3. The van der Waals surface area contributed by atoms with Gasteiger partial charge in [0, 0.05) is 58.0 Å². The summed E-state index contributed by atoms with van der Waals surface area (Å²) in [6.07, 6.45) is 0. The van der Waals surface area contributed by atoms with Crippen LogP contribution in [0.2, 0.25) is 0 Å². The predicted molar refractivity (Wildman–Crippen MR) is 89.3 cm³/mol. The molecule has 0 bridgehead atoms. The smallest absolute Gasteiger partial charge is 0.312 e. The van der Waals surface area contributed by atoms with Crippen LogP contribution >= 0.6 is 0 Å². The number of nitrogens with zero attached hydrogens (tertiary/aromatic N) is 4. The van der Waals surface area contributed by atoms with Crippen molar-refractivity contribution in [3.05, 3.63) is 30.1 Å². The lowest BCUT2D eigenvalue weighted by Crippen LogP contribution is -2.56. The number of likely N-dealkylation sites (N-methyl/N-ethyl adjacent to an activating group) is 1. The van der Waals surface area contributed by atoms with E-state index in [1.165, 1.54) is 12.1 Å². The normalized spacial score (nSPS) is 19.5. The number of carbonyl (C=O) groups excluding carboxylic acids is 2. The third-order valence-corrected chi connectivity index (χ3v) is 4.73. The molecule has 0 atom stereocenters. The van der Waals surface area contributed by atoms with E-state index in [0.717, 1.165) is 18.8 Å². The minimum atomic E-state index is -0.404. The van der Waals surface area contributed by atoms with E-state index >= 15 is 0 Å². The lowest BCUT2D eigenvalue weighted by molar-refractivity contribution is -0.152. The number of hydrogen-bond acceptors (Lipinski definition) is 4. The summed E-state index contributed by atoms with van der Waals surface area (Å²) in [7, 11) is 2.01. The molecule has 1 aromatic carbocycles. The highest BCUT2D eigenvalue weighted by atomic mass is 19.1. The molecule has 2 fully saturated rings. The molecule has 7 heteroatoms. The van der Waals surface area contributed by atoms with Crippen LogP contribution in [-0.4, -0.2) is 85.9 Å². The van der Waals surface area contributed by atoms with Gasteiger partial charge in [-0.15, -0.1) is 0 Å².